The van der Waals surface area contributed by atoms with Crippen LogP contribution in [0.2, 0.25) is 0 Å². The van der Waals surface area contributed by atoms with E-state index in [0.717, 1.165) is 16.7 Å². The van der Waals surface area contributed by atoms with Gasteiger partial charge in [0.05, 0.1) is 10.7 Å². The van der Waals surface area contributed by atoms with Crippen molar-refractivity contribution in [2.75, 3.05) is 5.75 Å². The molecule has 0 aliphatic carbocycles. The van der Waals surface area contributed by atoms with E-state index in [-0.39, 0.29) is 29.3 Å². The molecule has 2 rings (SSSR count). The first-order chi connectivity index (χ1) is 15.2. The van der Waals surface area contributed by atoms with E-state index in [4.69, 9.17) is 0 Å². The molecule has 0 aliphatic heterocycles. The van der Waals surface area contributed by atoms with Crippen LogP contribution in [-0.4, -0.2) is 39.5 Å². The van der Waals surface area contributed by atoms with E-state index in [2.05, 4.69) is 5.32 Å². The second-order valence-electron chi connectivity index (χ2n) is 8.01. The number of benzene rings is 2. The number of carbonyl (C=O) groups excluding carboxylic acids is 2. The Morgan fingerprint density at radius 2 is 1.81 bits per heavy atom. The molecule has 0 fully saturated rings. The zero-order chi connectivity index (χ0) is 23.7. The lowest BCUT2D eigenvalue weighted by atomic mass is 10.1. The fourth-order valence-corrected chi connectivity index (χ4v) is 4.23. The number of nitro groups is 1. The molecule has 2 amide bonds. The van der Waals surface area contributed by atoms with Crippen molar-refractivity contribution in [3.05, 3.63) is 75.3 Å². The SMILES string of the molecule is CC[C@@H](C(=O)NC(C)C)N(Cc1cccc(C)c1)C(=O)CSCc1ccc([N+](=O)[O-])cc1. The lowest BCUT2D eigenvalue weighted by molar-refractivity contribution is -0.384. The lowest BCUT2D eigenvalue weighted by Gasteiger charge is -2.31. The Balaban J connectivity index is 2.11. The molecule has 0 aromatic heterocycles. The van der Waals surface area contributed by atoms with Crippen LogP contribution in [0.4, 0.5) is 5.69 Å². The molecule has 1 N–H and O–H groups in total. The molecule has 0 spiro atoms. The highest BCUT2D eigenvalue weighted by Crippen LogP contribution is 2.19. The van der Waals surface area contributed by atoms with E-state index in [9.17, 15) is 19.7 Å². The average Bonchev–Trinajstić information content (AvgIpc) is 2.73. The van der Waals surface area contributed by atoms with Crippen LogP contribution in [0.5, 0.6) is 0 Å². The van der Waals surface area contributed by atoms with Gasteiger partial charge in [-0.1, -0.05) is 48.9 Å². The van der Waals surface area contributed by atoms with Gasteiger partial charge in [-0.2, -0.15) is 0 Å². The van der Waals surface area contributed by atoms with Gasteiger partial charge in [0.2, 0.25) is 11.8 Å². The van der Waals surface area contributed by atoms with Gasteiger partial charge in [-0.05, 0) is 38.3 Å². The van der Waals surface area contributed by atoms with E-state index >= 15 is 0 Å². The monoisotopic (exact) mass is 457 g/mol. The van der Waals surface area contributed by atoms with E-state index in [1.54, 1.807) is 17.0 Å². The molecule has 0 bridgehead atoms. The summed E-state index contributed by atoms with van der Waals surface area (Å²) in [5.41, 5.74) is 3.03. The minimum atomic E-state index is -0.551. The van der Waals surface area contributed by atoms with E-state index < -0.39 is 11.0 Å². The fourth-order valence-electron chi connectivity index (χ4n) is 3.36. The minimum absolute atomic E-state index is 0.0102. The van der Waals surface area contributed by atoms with Crippen LogP contribution in [0.15, 0.2) is 48.5 Å². The number of rotatable bonds is 11. The third kappa shape index (κ3) is 7.67. The first-order valence-corrected chi connectivity index (χ1v) is 11.8. The fraction of sp³-hybridized carbons (Fsp3) is 0.417. The summed E-state index contributed by atoms with van der Waals surface area (Å²) in [7, 11) is 0. The van der Waals surface area contributed by atoms with Crippen LogP contribution >= 0.6 is 11.8 Å². The first-order valence-electron chi connectivity index (χ1n) is 10.7. The molecule has 2 aromatic rings. The molecule has 8 heteroatoms. The van der Waals surface area contributed by atoms with Crippen molar-refractivity contribution in [3.63, 3.8) is 0 Å². The summed E-state index contributed by atoms with van der Waals surface area (Å²) in [5.74, 6) is 0.513. The quantitative estimate of drug-likeness (QED) is 0.397. The van der Waals surface area contributed by atoms with E-state index in [1.807, 2.05) is 52.0 Å². The topological polar surface area (TPSA) is 92.6 Å². The smallest absolute Gasteiger partial charge is 0.269 e. The second kappa shape index (κ2) is 12.2. The third-order valence-corrected chi connectivity index (χ3v) is 5.88. The Bertz CT molecular complexity index is 931. The summed E-state index contributed by atoms with van der Waals surface area (Å²) in [6.07, 6.45) is 0.517. The van der Waals surface area contributed by atoms with Crippen LogP contribution in [-0.2, 0) is 21.9 Å². The Morgan fingerprint density at radius 3 is 2.38 bits per heavy atom. The molecule has 0 aliphatic rings. The summed E-state index contributed by atoms with van der Waals surface area (Å²) in [6.45, 7) is 8.07. The van der Waals surface area contributed by atoms with E-state index in [0.29, 0.717) is 18.7 Å². The predicted octanol–water partition coefficient (Wildman–Crippen LogP) is 4.47. The Hall–Kier alpha value is -2.87. The Kier molecular flexibility index (Phi) is 9.71. The number of nitrogens with one attached hydrogen (secondary N) is 1. The van der Waals surface area contributed by atoms with Crippen LogP contribution in [0, 0.1) is 17.0 Å². The number of aryl methyl sites for hydroxylation is 1. The van der Waals surface area contributed by atoms with Crippen molar-refractivity contribution >= 4 is 29.3 Å². The zero-order valence-corrected chi connectivity index (χ0v) is 19.9. The standard InChI is InChI=1S/C24H31N3O4S/c1-5-22(24(29)25-17(2)3)26(14-20-8-6-7-18(4)13-20)23(28)16-32-15-19-9-11-21(12-10-19)27(30)31/h6-13,17,22H,5,14-16H2,1-4H3,(H,25,29)/t22-/m0/s1. The summed E-state index contributed by atoms with van der Waals surface area (Å²) in [6, 6.07) is 13.7. The third-order valence-electron chi connectivity index (χ3n) is 4.89. The highest BCUT2D eigenvalue weighted by Gasteiger charge is 2.28. The number of amides is 2. The number of non-ortho nitro benzene ring substituents is 1. The largest absolute Gasteiger partial charge is 0.352 e. The molecule has 0 radical (unpaired) electrons. The minimum Gasteiger partial charge on any atom is -0.352 e. The van der Waals surface area contributed by atoms with Gasteiger partial charge in [0.1, 0.15) is 6.04 Å². The maximum Gasteiger partial charge on any atom is 0.269 e. The normalized spacial score (nSPS) is 11.8. The van der Waals surface area contributed by atoms with Crippen molar-refractivity contribution in [2.45, 2.75) is 58.5 Å². The highest BCUT2D eigenvalue weighted by molar-refractivity contribution is 7.99. The molecule has 0 saturated heterocycles. The maximum atomic E-state index is 13.2. The number of hydrogen-bond acceptors (Lipinski definition) is 5. The summed E-state index contributed by atoms with van der Waals surface area (Å²) >= 11 is 1.43. The first kappa shape index (κ1) is 25.4. The summed E-state index contributed by atoms with van der Waals surface area (Å²) in [5, 5.41) is 13.7. The highest BCUT2D eigenvalue weighted by atomic mass is 32.2. The number of hydrogen-bond donors (Lipinski definition) is 1. The van der Waals surface area contributed by atoms with Gasteiger partial charge in [0.15, 0.2) is 0 Å². The van der Waals surface area contributed by atoms with Gasteiger partial charge in [0, 0.05) is 30.5 Å². The Labute approximate surface area is 193 Å². The van der Waals surface area contributed by atoms with Crippen molar-refractivity contribution in [2.24, 2.45) is 0 Å². The number of nitrogens with zero attached hydrogens (tertiary/aromatic N) is 2. The van der Waals surface area contributed by atoms with Gasteiger partial charge in [-0.3, -0.25) is 19.7 Å². The molecular formula is C24H31N3O4S. The predicted molar refractivity (Wildman–Crippen MR) is 128 cm³/mol. The molecule has 0 heterocycles. The molecule has 2 aromatic carbocycles. The maximum absolute atomic E-state index is 13.2. The molecule has 0 unspecified atom stereocenters. The van der Waals surface area contributed by atoms with Crippen LogP contribution in [0.3, 0.4) is 0 Å². The van der Waals surface area contributed by atoms with Crippen LogP contribution in [0.25, 0.3) is 0 Å². The number of carbonyl (C=O) groups is 2. The summed E-state index contributed by atoms with van der Waals surface area (Å²) < 4.78 is 0. The zero-order valence-electron chi connectivity index (χ0n) is 19.0. The van der Waals surface area contributed by atoms with Gasteiger partial charge < -0.3 is 10.2 Å². The average molecular weight is 458 g/mol. The molecule has 1 atom stereocenters. The van der Waals surface area contributed by atoms with Crippen molar-refractivity contribution in [3.8, 4) is 0 Å². The Morgan fingerprint density at radius 1 is 1.12 bits per heavy atom. The van der Waals surface area contributed by atoms with Gasteiger partial charge in [-0.25, -0.2) is 0 Å². The van der Waals surface area contributed by atoms with Gasteiger partial charge >= 0.3 is 0 Å². The van der Waals surface area contributed by atoms with Crippen molar-refractivity contribution in [1.82, 2.24) is 10.2 Å². The second-order valence-corrected chi connectivity index (χ2v) is 9.00. The van der Waals surface area contributed by atoms with Crippen LogP contribution in [0.1, 0.15) is 43.9 Å². The van der Waals surface area contributed by atoms with Gasteiger partial charge in [0.25, 0.3) is 5.69 Å². The summed E-state index contributed by atoms with van der Waals surface area (Å²) in [4.78, 5) is 38.0. The molecule has 7 nitrogen and oxygen atoms in total. The number of thioether (sulfide) groups is 1. The number of nitro benzene ring substituents is 1. The van der Waals surface area contributed by atoms with E-state index in [1.165, 1.54) is 23.9 Å². The molecular weight excluding hydrogens is 426 g/mol. The molecule has 0 saturated carbocycles. The molecule has 32 heavy (non-hydrogen) atoms. The van der Waals surface area contributed by atoms with Crippen LogP contribution < -0.4 is 5.32 Å². The lowest BCUT2D eigenvalue weighted by Crippen LogP contribution is -2.50. The van der Waals surface area contributed by atoms with Crippen molar-refractivity contribution in [1.29, 1.82) is 0 Å². The molecule has 172 valence electrons. The van der Waals surface area contributed by atoms with Crippen molar-refractivity contribution < 1.29 is 14.5 Å². The van der Waals surface area contributed by atoms with Gasteiger partial charge in [-0.15, -0.1) is 11.8 Å².